The standard InChI is InChI=1S/C19H13N3O3S2/c1-22(27(23,24)18-6-3-11-26-18)16-7-9-17(10-8-16)25-19-14(12-20)4-2-5-15(19)13-21/h2-11H,1H3. The van der Waals surface area contributed by atoms with Crippen LogP contribution in [-0.2, 0) is 10.0 Å². The maximum Gasteiger partial charge on any atom is 0.273 e. The van der Waals surface area contributed by atoms with Crippen molar-refractivity contribution in [1.82, 2.24) is 0 Å². The number of anilines is 1. The van der Waals surface area contributed by atoms with Crippen LogP contribution in [0.2, 0.25) is 0 Å². The van der Waals surface area contributed by atoms with Crippen LogP contribution < -0.4 is 9.04 Å². The van der Waals surface area contributed by atoms with Gasteiger partial charge < -0.3 is 4.74 Å². The molecule has 0 saturated heterocycles. The molecule has 0 amide bonds. The van der Waals surface area contributed by atoms with Crippen LogP contribution in [0.25, 0.3) is 0 Å². The van der Waals surface area contributed by atoms with E-state index in [-0.39, 0.29) is 21.1 Å². The third-order valence-electron chi connectivity index (χ3n) is 3.79. The van der Waals surface area contributed by atoms with Crippen molar-refractivity contribution in [2.75, 3.05) is 11.4 Å². The van der Waals surface area contributed by atoms with Crippen molar-refractivity contribution in [3.63, 3.8) is 0 Å². The highest BCUT2D eigenvalue weighted by Crippen LogP contribution is 2.31. The lowest BCUT2D eigenvalue weighted by Crippen LogP contribution is -2.25. The van der Waals surface area contributed by atoms with Gasteiger partial charge in [0, 0.05) is 7.05 Å². The second-order valence-corrected chi connectivity index (χ2v) is 8.55. The highest BCUT2D eigenvalue weighted by molar-refractivity contribution is 7.94. The first kappa shape index (κ1) is 18.5. The van der Waals surface area contributed by atoms with E-state index in [0.717, 1.165) is 11.3 Å². The zero-order valence-corrected chi connectivity index (χ0v) is 15.8. The molecule has 0 N–H and O–H groups in total. The van der Waals surface area contributed by atoms with E-state index in [1.165, 1.54) is 11.4 Å². The van der Waals surface area contributed by atoms with Crippen LogP contribution in [0.15, 0.2) is 64.2 Å². The number of para-hydroxylation sites is 1. The normalized spacial score (nSPS) is 10.6. The molecule has 27 heavy (non-hydrogen) atoms. The molecule has 3 rings (SSSR count). The van der Waals surface area contributed by atoms with Gasteiger partial charge in [0.25, 0.3) is 10.0 Å². The molecule has 0 aliphatic heterocycles. The number of hydrogen-bond acceptors (Lipinski definition) is 6. The van der Waals surface area contributed by atoms with E-state index in [2.05, 4.69) is 0 Å². The molecular formula is C19H13N3O3S2. The molecule has 0 fully saturated rings. The molecule has 3 aromatic rings. The number of thiophene rings is 1. The molecule has 0 unspecified atom stereocenters. The summed E-state index contributed by atoms with van der Waals surface area (Å²) in [5, 5.41) is 20.1. The molecule has 134 valence electrons. The molecule has 0 atom stereocenters. The Balaban J connectivity index is 1.88. The van der Waals surface area contributed by atoms with Crippen molar-refractivity contribution >= 4 is 27.0 Å². The smallest absolute Gasteiger partial charge is 0.273 e. The first-order chi connectivity index (χ1) is 13.0. The fourth-order valence-electron chi connectivity index (χ4n) is 2.35. The lowest BCUT2D eigenvalue weighted by atomic mass is 10.1. The summed E-state index contributed by atoms with van der Waals surface area (Å²) in [5.41, 5.74) is 0.955. The summed E-state index contributed by atoms with van der Waals surface area (Å²) in [6.07, 6.45) is 0. The topological polar surface area (TPSA) is 94.2 Å². The van der Waals surface area contributed by atoms with Crippen molar-refractivity contribution in [3.05, 3.63) is 71.1 Å². The minimum atomic E-state index is -3.62. The van der Waals surface area contributed by atoms with Gasteiger partial charge in [-0.05, 0) is 47.8 Å². The summed E-state index contributed by atoms with van der Waals surface area (Å²) < 4.78 is 32.3. The van der Waals surface area contributed by atoms with Crippen LogP contribution in [0.5, 0.6) is 11.5 Å². The predicted octanol–water partition coefficient (Wildman–Crippen LogP) is 4.11. The highest BCUT2D eigenvalue weighted by atomic mass is 32.2. The zero-order chi connectivity index (χ0) is 19.4. The zero-order valence-electron chi connectivity index (χ0n) is 14.2. The Morgan fingerprint density at radius 3 is 2.11 bits per heavy atom. The largest absolute Gasteiger partial charge is 0.455 e. The van der Waals surface area contributed by atoms with E-state index in [9.17, 15) is 18.9 Å². The molecule has 1 aromatic heterocycles. The summed E-state index contributed by atoms with van der Waals surface area (Å²) >= 11 is 1.15. The Bertz CT molecular complexity index is 1110. The van der Waals surface area contributed by atoms with Gasteiger partial charge in [-0.1, -0.05) is 12.1 Å². The molecule has 2 aromatic carbocycles. The van der Waals surface area contributed by atoms with Gasteiger partial charge in [0.2, 0.25) is 0 Å². The monoisotopic (exact) mass is 395 g/mol. The Hall–Kier alpha value is -3.33. The van der Waals surface area contributed by atoms with Crippen LogP contribution in [0.1, 0.15) is 11.1 Å². The number of ether oxygens (including phenoxy) is 1. The average Bonchev–Trinajstić information content (AvgIpc) is 3.24. The van der Waals surface area contributed by atoms with Crippen LogP contribution in [-0.4, -0.2) is 15.5 Å². The van der Waals surface area contributed by atoms with E-state index >= 15 is 0 Å². The van der Waals surface area contributed by atoms with Crippen molar-refractivity contribution in [3.8, 4) is 23.6 Å². The first-order valence-corrected chi connectivity index (χ1v) is 10.0. The molecule has 0 saturated carbocycles. The van der Waals surface area contributed by atoms with Gasteiger partial charge in [-0.25, -0.2) is 8.42 Å². The van der Waals surface area contributed by atoms with Crippen LogP contribution in [0, 0.1) is 22.7 Å². The van der Waals surface area contributed by atoms with Gasteiger partial charge in [0.15, 0.2) is 5.75 Å². The van der Waals surface area contributed by atoms with E-state index in [1.807, 2.05) is 12.1 Å². The van der Waals surface area contributed by atoms with Gasteiger partial charge in [-0.15, -0.1) is 11.3 Å². The fraction of sp³-hybridized carbons (Fsp3) is 0.0526. The van der Waals surface area contributed by atoms with E-state index in [4.69, 9.17) is 4.74 Å². The maximum absolute atomic E-state index is 12.6. The number of nitrogens with zero attached hydrogens (tertiary/aromatic N) is 3. The Labute approximate surface area is 161 Å². The Kier molecular flexibility index (Phi) is 5.13. The molecule has 0 bridgehead atoms. The number of rotatable bonds is 5. The predicted molar refractivity (Wildman–Crippen MR) is 102 cm³/mol. The van der Waals surface area contributed by atoms with Crippen molar-refractivity contribution < 1.29 is 13.2 Å². The third kappa shape index (κ3) is 3.63. The summed E-state index contributed by atoms with van der Waals surface area (Å²) in [7, 11) is -2.14. The first-order valence-electron chi connectivity index (χ1n) is 7.71. The Morgan fingerprint density at radius 2 is 1.59 bits per heavy atom. The van der Waals surface area contributed by atoms with E-state index < -0.39 is 10.0 Å². The van der Waals surface area contributed by atoms with Crippen LogP contribution in [0.3, 0.4) is 0 Å². The number of nitriles is 2. The van der Waals surface area contributed by atoms with Gasteiger partial charge in [0.05, 0.1) is 16.8 Å². The summed E-state index contributed by atoms with van der Waals surface area (Å²) in [5.74, 6) is 0.565. The van der Waals surface area contributed by atoms with Crippen molar-refractivity contribution in [1.29, 1.82) is 10.5 Å². The second-order valence-electron chi connectivity index (χ2n) is 5.41. The highest BCUT2D eigenvalue weighted by Gasteiger charge is 2.22. The number of sulfonamides is 1. The van der Waals surface area contributed by atoms with Gasteiger partial charge in [-0.2, -0.15) is 10.5 Å². The van der Waals surface area contributed by atoms with E-state index in [1.54, 1.807) is 60.0 Å². The molecule has 6 nitrogen and oxygen atoms in total. The van der Waals surface area contributed by atoms with Crippen LogP contribution >= 0.6 is 11.3 Å². The number of benzene rings is 2. The van der Waals surface area contributed by atoms with E-state index in [0.29, 0.717) is 11.4 Å². The van der Waals surface area contributed by atoms with Gasteiger partial charge >= 0.3 is 0 Å². The fourth-order valence-corrected chi connectivity index (χ4v) is 4.71. The molecular weight excluding hydrogens is 382 g/mol. The molecule has 0 aliphatic carbocycles. The molecule has 0 spiro atoms. The SMILES string of the molecule is CN(c1ccc(Oc2c(C#N)cccc2C#N)cc1)S(=O)(=O)c1cccs1. The molecule has 0 radical (unpaired) electrons. The molecule has 0 aliphatic rings. The number of hydrogen-bond donors (Lipinski definition) is 0. The van der Waals surface area contributed by atoms with Gasteiger partial charge in [0.1, 0.15) is 22.1 Å². The van der Waals surface area contributed by atoms with Crippen LogP contribution in [0.4, 0.5) is 5.69 Å². The summed E-state index contributed by atoms with van der Waals surface area (Å²) in [4.78, 5) is 0. The maximum atomic E-state index is 12.6. The minimum Gasteiger partial charge on any atom is -0.455 e. The minimum absolute atomic E-state index is 0.176. The van der Waals surface area contributed by atoms with Crippen molar-refractivity contribution in [2.45, 2.75) is 4.21 Å². The third-order valence-corrected chi connectivity index (χ3v) is 6.94. The summed E-state index contributed by atoms with van der Waals surface area (Å²) in [6.45, 7) is 0. The Morgan fingerprint density at radius 1 is 0.963 bits per heavy atom. The second kappa shape index (κ2) is 7.50. The summed E-state index contributed by atoms with van der Waals surface area (Å²) in [6, 6.07) is 18.3. The molecule has 1 heterocycles. The lowest BCUT2D eigenvalue weighted by Gasteiger charge is -2.19. The lowest BCUT2D eigenvalue weighted by molar-refractivity contribution is 0.479. The molecule has 8 heteroatoms. The average molecular weight is 395 g/mol. The van der Waals surface area contributed by atoms with Gasteiger partial charge in [-0.3, -0.25) is 4.31 Å². The van der Waals surface area contributed by atoms with Crippen molar-refractivity contribution in [2.24, 2.45) is 0 Å². The quantitative estimate of drug-likeness (QED) is 0.648.